The van der Waals surface area contributed by atoms with E-state index in [-0.39, 0.29) is 5.56 Å². The van der Waals surface area contributed by atoms with Gasteiger partial charge in [0.15, 0.2) is 0 Å². The lowest BCUT2D eigenvalue weighted by Crippen LogP contribution is -2.10. The van der Waals surface area contributed by atoms with Crippen LogP contribution in [-0.2, 0) is 6.42 Å². The maximum Gasteiger partial charge on any atom is 0.258 e. The molecule has 1 aromatic heterocycles. The smallest absolute Gasteiger partial charge is 0.258 e. The minimum atomic E-state index is -0.0697. The second-order valence-corrected chi connectivity index (χ2v) is 4.32. The topological polar surface area (TPSA) is 45.8 Å². The maximum absolute atomic E-state index is 11.7. The predicted octanol–water partition coefficient (Wildman–Crippen LogP) is 2.56. The third-order valence-electron chi connectivity index (χ3n) is 2.37. The zero-order chi connectivity index (χ0) is 11.0. The lowest BCUT2D eigenvalue weighted by molar-refractivity contribution is 1.05. The van der Waals surface area contributed by atoms with Crippen molar-refractivity contribution in [2.45, 2.75) is 20.3 Å². The Balaban J connectivity index is 2.87. The van der Waals surface area contributed by atoms with E-state index in [1.807, 2.05) is 12.1 Å². The molecule has 0 amide bonds. The Bertz CT molecular complexity index is 575. The average molecular weight is 267 g/mol. The first-order valence-corrected chi connectivity index (χ1v) is 5.60. The summed E-state index contributed by atoms with van der Waals surface area (Å²) in [5.74, 6) is 0.642. The van der Waals surface area contributed by atoms with Gasteiger partial charge in [0.2, 0.25) is 0 Å². The molecule has 15 heavy (non-hydrogen) atoms. The van der Waals surface area contributed by atoms with Gasteiger partial charge in [-0.2, -0.15) is 0 Å². The first-order chi connectivity index (χ1) is 7.11. The van der Waals surface area contributed by atoms with Crippen LogP contribution in [-0.4, -0.2) is 9.97 Å². The summed E-state index contributed by atoms with van der Waals surface area (Å²) in [7, 11) is 0. The normalized spacial score (nSPS) is 10.9. The summed E-state index contributed by atoms with van der Waals surface area (Å²) in [5.41, 5.74) is 1.79. The molecule has 2 aromatic rings. The number of aromatic amines is 1. The highest BCUT2D eigenvalue weighted by Gasteiger charge is 2.05. The Labute approximate surface area is 95.7 Å². The molecular formula is C11H11BrN2O. The largest absolute Gasteiger partial charge is 0.310 e. The molecule has 78 valence electrons. The first-order valence-electron chi connectivity index (χ1n) is 4.81. The molecule has 0 spiro atoms. The van der Waals surface area contributed by atoms with E-state index in [0.717, 1.165) is 22.0 Å². The molecular weight excluding hydrogens is 256 g/mol. The molecule has 0 radical (unpaired) electrons. The molecule has 0 atom stereocenters. The fourth-order valence-electron chi connectivity index (χ4n) is 1.59. The van der Waals surface area contributed by atoms with Crippen molar-refractivity contribution >= 4 is 26.8 Å². The number of fused-ring (bicyclic) bond motifs is 1. The highest BCUT2D eigenvalue weighted by Crippen LogP contribution is 2.21. The third-order valence-corrected chi connectivity index (χ3v) is 3.11. The van der Waals surface area contributed by atoms with Crippen molar-refractivity contribution in [3.8, 4) is 0 Å². The van der Waals surface area contributed by atoms with E-state index in [2.05, 4.69) is 32.8 Å². The third kappa shape index (κ3) is 1.81. The fourth-order valence-corrected chi connectivity index (χ4v) is 2.20. The molecule has 4 heteroatoms. The number of benzene rings is 1. The first kappa shape index (κ1) is 10.4. The van der Waals surface area contributed by atoms with Gasteiger partial charge in [-0.05, 0) is 31.0 Å². The summed E-state index contributed by atoms with van der Waals surface area (Å²) in [6.45, 7) is 3.84. The van der Waals surface area contributed by atoms with Crippen LogP contribution >= 0.6 is 15.9 Å². The Kier molecular flexibility index (Phi) is 2.61. The summed E-state index contributed by atoms with van der Waals surface area (Å²) in [5, 5.41) is 0.653. The van der Waals surface area contributed by atoms with Crippen molar-refractivity contribution in [2.24, 2.45) is 0 Å². The molecule has 0 saturated heterocycles. The van der Waals surface area contributed by atoms with E-state index in [9.17, 15) is 4.79 Å². The van der Waals surface area contributed by atoms with E-state index >= 15 is 0 Å². The minimum Gasteiger partial charge on any atom is -0.310 e. The maximum atomic E-state index is 11.7. The molecule has 0 aliphatic carbocycles. The standard InChI is InChI=1S/C11H11BrN2O/c1-3-7-4-8-10(5-9(7)12)13-6(2)14-11(8)15/h4-5H,3H2,1-2H3,(H,13,14,15). The van der Waals surface area contributed by atoms with Gasteiger partial charge in [-0.3, -0.25) is 4.79 Å². The van der Waals surface area contributed by atoms with E-state index in [0.29, 0.717) is 11.2 Å². The molecule has 2 rings (SSSR count). The SMILES string of the molecule is CCc1cc2c(=O)[nH]c(C)nc2cc1Br. The Hall–Kier alpha value is -1.16. The molecule has 0 unspecified atom stereocenters. The summed E-state index contributed by atoms with van der Waals surface area (Å²) in [6.07, 6.45) is 0.893. The van der Waals surface area contributed by atoms with Crippen LogP contribution in [0, 0.1) is 6.92 Å². The number of aryl methyl sites for hydroxylation is 2. The van der Waals surface area contributed by atoms with E-state index in [4.69, 9.17) is 0 Å². The van der Waals surface area contributed by atoms with Gasteiger partial charge in [0.05, 0.1) is 10.9 Å². The number of nitrogens with one attached hydrogen (secondary N) is 1. The van der Waals surface area contributed by atoms with Gasteiger partial charge < -0.3 is 4.98 Å². The van der Waals surface area contributed by atoms with Crippen molar-refractivity contribution in [2.75, 3.05) is 0 Å². The summed E-state index contributed by atoms with van der Waals surface area (Å²) < 4.78 is 1.01. The van der Waals surface area contributed by atoms with Crippen molar-refractivity contribution in [1.82, 2.24) is 9.97 Å². The predicted molar refractivity (Wildman–Crippen MR) is 64.2 cm³/mol. The van der Waals surface area contributed by atoms with Gasteiger partial charge in [-0.25, -0.2) is 4.98 Å². The van der Waals surface area contributed by atoms with Crippen LogP contribution in [0.2, 0.25) is 0 Å². The van der Waals surface area contributed by atoms with Crippen LogP contribution < -0.4 is 5.56 Å². The van der Waals surface area contributed by atoms with Crippen molar-refractivity contribution in [1.29, 1.82) is 0 Å². The number of aromatic nitrogens is 2. The van der Waals surface area contributed by atoms with Crippen LogP contribution in [0.1, 0.15) is 18.3 Å². The van der Waals surface area contributed by atoms with E-state index < -0.39 is 0 Å². The van der Waals surface area contributed by atoms with Crippen molar-refractivity contribution < 1.29 is 0 Å². The van der Waals surface area contributed by atoms with Gasteiger partial charge in [-0.1, -0.05) is 22.9 Å². The van der Waals surface area contributed by atoms with Gasteiger partial charge >= 0.3 is 0 Å². The number of rotatable bonds is 1. The van der Waals surface area contributed by atoms with Gasteiger partial charge in [0, 0.05) is 4.47 Å². The second-order valence-electron chi connectivity index (χ2n) is 3.47. The molecule has 1 aromatic carbocycles. The highest BCUT2D eigenvalue weighted by atomic mass is 79.9. The molecule has 0 aliphatic heterocycles. The van der Waals surface area contributed by atoms with E-state index in [1.165, 1.54) is 0 Å². The minimum absolute atomic E-state index is 0.0697. The lowest BCUT2D eigenvalue weighted by Gasteiger charge is -2.04. The summed E-state index contributed by atoms with van der Waals surface area (Å²) in [6, 6.07) is 3.79. The number of halogens is 1. The molecule has 1 heterocycles. The molecule has 3 nitrogen and oxygen atoms in total. The molecule has 0 bridgehead atoms. The summed E-state index contributed by atoms with van der Waals surface area (Å²) >= 11 is 3.47. The zero-order valence-corrected chi connectivity index (χ0v) is 10.2. The molecule has 0 aliphatic rings. The van der Waals surface area contributed by atoms with Crippen molar-refractivity contribution in [3.05, 3.63) is 38.3 Å². The van der Waals surface area contributed by atoms with Crippen LogP contribution in [0.3, 0.4) is 0 Å². The highest BCUT2D eigenvalue weighted by molar-refractivity contribution is 9.10. The van der Waals surface area contributed by atoms with Gasteiger partial charge in [-0.15, -0.1) is 0 Å². The number of nitrogens with zero attached hydrogens (tertiary/aromatic N) is 1. The number of hydrogen-bond donors (Lipinski definition) is 1. The number of H-pyrrole nitrogens is 1. The zero-order valence-electron chi connectivity index (χ0n) is 8.60. The summed E-state index contributed by atoms with van der Waals surface area (Å²) in [4.78, 5) is 18.7. The van der Waals surface area contributed by atoms with Gasteiger partial charge in [0.1, 0.15) is 5.82 Å². The Morgan fingerprint density at radius 3 is 2.87 bits per heavy atom. The lowest BCUT2D eigenvalue weighted by atomic mass is 10.1. The average Bonchev–Trinajstić information content (AvgIpc) is 2.16. The monoisotopic (exact) mass is 266 g/mol. The Morgan fingerprint density at radius 2 is 2.20 bits per heavy atom. The van der Waals surface area contributed by atoms with Crippen LogP contribution in [0.15, 0.2) is 21.4 Å². The fraction of sp³-hybridized carbons (Fsp3) is 0.273. The van der Waals surface area contributed by atoms with Crippen molar-refractivity contribution in [3.63, 3.8) is 0 Å². The second kappa shape index (κ2) is 3.77. The quantitative estimate of drug-likeness (QED) is 0.863. The molecule has 0 fully saturated rings. The van der Waals surface area contributed by atoms with Crippen LogP contribution in [0.5, 0.6) is 0 Å². The molecule has 0 saturated carbocycles. The van der Waals surface area contributed by atoms with Crippen LogP contribution in [0.4, 0.5) is 0 Å². The van der Waals surface area contributed by atoms with Gasteiger partial charge in [0.25, 0.3) is 5.56 Å². The van der Waals surface area contributed by atoms with E-state index in [1.54, 1.807) is 6.92 Å². The molecule has 1 N–H and O–H groups in total. The number of hydrogen-bond acceptors (Lipinski definition) is 2. The Morgan fingerprint density at radius 1 is 1.47 bits per heavy atom. The van der Waals surface area contributed by atoms with Crippen LogP contribution in [0.25, 0.3) is 10.9 Å².